The van der Waals surface area contributed by atoms with E-state index >= 15 is 0 Å². The smallest absolute Gasteiger partial charge is 0.271 e. The Morgan fingerprint density at radius 3 is 2.74 bits per heavy atom. The van der Waals surface area contributed by atoms with Gasteiger partial charge in [-0.15, -0.1) is 0 Å². The van der Waals surface area contributed by atoms with Gasteiger partial charge in [-0.05, 0) is 61.9 Å². The van der Waals surface area contributed by atoms with Gasteiger partial charge in [-0.2, -0.15) is 9.49 Å². The molecule has 0 spiro atoms. The number of aromatic nitrogens is 3. The van der Waals surface area contributed by atoms with Gasteiger partial charge in [0.1, 0.15) is 17.4 Å². The normalized spacial score (nSPS) is 12.2. The minimum absolute atomic E-state index is 0.0292. The van der Waals surface area contributed by atoms with Gasteiger partial charge < -0.3 is 14.9 Å². The number of primary amides is 1. The van der Waals surface area contributed by atoms with Crippen molar-refractivity contribution in [2.45, 2.75) is 20.0 Å². The van der Waals surface area contributed by atoms with E-state index in [0.29, 0.717) is 22.3 Å². The van der Waals surface area contributed by atoms with Gasteiger partial charge in [0.15, 0.2) is 16.9 Å². The third-order valence-electron chi connectivity index (χ3n) is 5.70. The van der Waals surface area contributed by atoms with E-state index in [0.717, 1.165) is 28.1 Å². The minimum Gasteiger partial charge on any atom is -0.483 e. The SMILES string of the molecule is Cc1cc(C(C)Oc2ccc(F)nc2C(N)=O)c2oc(-c3ccc4nn(C)cc4c3)cc(=O)c2c1. The number of aryl methyl sites for hydroxylation is 2. The molecule has 0 aliphatic heterocycles. The zero-order valence-electron chi connectivity index (χ0n) is 19.2. The van der Waals surface area contributed by atoms with Crippen LogP contribution in [0.2, 0.25) is 0 Å². The van der Waals surface area contributed by atoms with Gasteiger partial charge in [-0.3, -0.25) is 14.3 Å². The summed E-state index contributed by atoms with van der Waals surface area (Å²) < 4.78 is 27.5. The molecule has 1 amide bonds. The van der Waals surface area contributed by atoms with Crippen molar-refractivity contribution in [3.8, 4) is 17.1 Å². The Labute approximate surface area is 198 Å². The summed E-state index contributed by atoms with van der Waals surface area (Å²) >= 11 is 0. The van der Waals surface area contributed by atoms with Crippen molar-refractivity contribution in [1.29, 1.82) is 0 Å². The molecule has 5 aromatic rings. The number of nitrogens with zero attached hydrogens (tertiary/aromatic N) is 3. The number of halogens is 1. The maximum Gasteiger partial charge on any atom is 0.271 e. The van der Waals surface area contributed by atoms with Gasteiger partial charge in [-0.25, -0.2) is 4.98 Å². The summed E-state index contributed by atoms with van der Waals surface area (Å²) in [5, 5.41) is 5.68. The van der Waals surface area contributed by atoms with Crippen molar-refractivity contribution >= 4 is 27.8 Å². The molecule has 0 radical (unpaired) electrons. The quantitative estimate of drug-likeness (QED) is 0.379. The molecule has 176 valence electrons. The molecule has 0 saturated carbocycles. The molecule has 1 atom stereocenters. The van der Waals surface area contributed by atoms with Crippen molar-refractivity contribution < 1.29 is 18.3 Å². The van der Waals surface area contributed by atoms with Crippen LogP contribution >= 0.6 is 0 Å². The van der Waals surface area contributed by atoms with Crippen LogP contribution in [0.1, 0.15) is 34.6 Å². The lowest BCUT2D eigenvalue weighted by Crippen LogP contribution is -2.17. The van der Waals surface area contributed by atoms with E-state index in [9.17, 15) is 14.0 Å². The molecule has 3 aromatic heterocycles. The Morgan fingerprint density at radius 2 is 1.97 bits per heavy atom. The van der Waals surface area contributed by atoms with Crippen molar-refractivity contribution in [2.24, 2.45) is 12.8 Å². The topological polar surface area (TPSA) is 113 Å². The molecule has 0 bridgehead atoms. The Kier molecular flexibility index (Phi) is 5.32. The number of carbonyl (C=O) groups excluding carboxylic acids is 1. The molecule has 5 rings (SSSR count). The van der Waals surface area contributed by atoms with Crippen molar-refractivity contribution in [2.75, 3.05) is 0 Å². The van der Waals surface area contributed by atoms with Gasteiger partial charge in [0.25, 0.3) is 5.91 Å². The highest BCUT2D eigenvalue weighted by atomic mass is 19.1. The van der Waals surface area contributed by atoms with Crippen molar-refractivity contribution in [1.82, 2.24) is 14.8 Å². The fourth-order valence-electron chi connectivity index (χ4n) is 4.13. The average Bonchev–Trinajstić information content (AvgIpc) is 3.19. The number of pyridine rings is 1. The van der Waals surface area contributed by atoms with Crippen LogP contribution in [0.4, 0.5) is 4.39 Å². The third kappa shape index (κ3) is 4.12. The second-order valence-electron chi connectivity index (χ2n) is 8.39. The number of rotatable bonds is 5. The Morgan fingerprint density at radius 1 is 1.17 bits per heavy atom. The van der Waals surface area contributed by atoms with Gasteiger partial charge >= 0.3 is 0 Å². The molecule has 9 heteroatoms. The fraction of sp³-hybridized carbons (Fsp3) is 0.154. The molecular formula is C26H21FN4O4. The first kappa shape index (κ1) is 22.3. The van der Waals surface area contributed by atoms with E-state index in [1.165, 1.54) is 12.1 Å². The van der Waals surface area contributed by atoms with E-state index in [-0.39, 0.29) is 16.9 Å². The van der Waals surface area contributed by atoms with Crippen LogP contribution in [0.3, 0.4) is 0 Å². The highest BCUT2D eigenvalue weighted by Crippen LogP contribution is 2.32. The van der Waals surface area contributed by atoms with E-state index in [4.69, 9.17) is 14.9 Å². The van der Waals surface area contributed by atoms with Crippen molar-refractivity contribution in [3.05, 3.63) is 87.7 Å². The summed E-state index contributed by atoms with van der Waals surface area (Å²) in [5.41, 5.74) is 8.14. The van der Waals surface area contributed by atoms with Crippen LogP contribution in [-0.2, 0) is 7.05 Å². The van der Waals surface area contributed by atoms with Gasteiger partial charge in [0.2, 0.25) is 5.95 Å². The Hall–Kier alpha value is -4.53. The monoisotopic (exact) mass is 472 g/mol. The van der Waals surface area contributed by atoms with Crippen LogP contribution in [0.5, 0.6) is 5.75 Å². The molecule has 1 unspecified atom stereocenters. The first-order chi connectivity index (χ1) is 16.7. The number of nitrogens with two attached hydrogens (primary N) is 1. The van der Waals surface area contributed by atoms with Crippen LogP contribution in [0, 0.1) is 12.9 Å². The molecule has 8 nitrogen and oxygen atoms in total. The average molecular weight is 472 g/mol. The predicted octanol–water partition coefficient (Wildman–Crippen LogP) is 4.43. The lowest BCUT2D eigenvalue weighted by molar-refractivity contribution is 0.0987. The summed E-state index contributed by atoms with van der Waals surface area (Å²) in [5.74, 6) is -1.34. The molecular weight excluding hydrogens is 451 g/mol. The van der Waals surface area contributed by atoms with E-state index in [1.807, 2.05) is 44.4 Å². The van der Waals surface area contributed by atoms with Crippen LogP contribution in [-0.4, -0.2) is 20.7 Å². The van der Waals surface area contributed by atoms with E-state index in [1.54, 1.807) is 17.7 Å². The molecule has 0 aliphatic rings. The molecule has 0 fully saturated rings. The standard InChI is InChI=1S/C26H21FN4O4/c1-13-8-17(14(2)34-21-6-7-23(27)29-24(21)26(28)33)25-18(9-13)20(32)11-22(35-25)15-4-5-19-16(10-15)12-31(3)30-19/h4-12,14H,1-3H3,(H2,28,33). The van der Waals surface area contributed by atoms with Crippen LogP contribution in [0.25, 0.3) is 33.2 Å². The zero-order chi connectivity index (χ0) is 24.9. The number of hydrogen-bond donors (Lipinski definition) is 1. The zero-order valence-corrected chi connectivity index (χ0v) is 19.2. The maximum absolute atomic E-state index is 13.5. The second kappa shape index (κ2) is 8.35. The largest absolute Gasteiger partial charge is 0.483 e. The van der Waals surface area contributed by atoms with Crippen LogP contribution in [0.15, 0.2) is 63.9 Å². The molecule has 0 saturated heterocycles. The molecule has 0 aliphatic carbocycles. The van der Waals surface area contributed by atoms with E-state index in [2.05, 4.69) is 10.1 Å². The number of ether oxygens (including phenoxy) is 1. The van der Waals surface area contributed by atoms with E-state index < -0.39 is 18.0 Å². The highest BCUT2D eigenvalue weighted by molar-refractivity contribution is 5.93. The first-order valence-electron chi connectivity index (χ1n) is 10.8. The number of carbonyl (C=O) groups is 1. The number of fused-ring (bicyclic) bond motifs is 2. The summed E-state index contributed by atoms with van der Waals surface area (Å²) in [6, 6.07) is 13.0. The number of amides is 1. The predicted molar refractivity (Wildman–Crippen MR) is 129 cm³/mol. The molecule has 2 N–H and O–H groups in total. The van der Waals surface area contributed by atoms with Gasteiger partial charge in [-0.1, -0.05) is 0 Å². The molecule has 3 heterocycles. The molecule has 2 aromatic carbocycles. The summed E-state index contributed by atoms with van der Waals surface area (Å²) in [4.78, 5) is 28.4. The lowest BCUT2D eigenvalue weighted by Gasteiger charge is -2.18. The van der Waals surface area contributed by atoms with Crippen LogP contribution < -0.4 is 15.9 Å². The Bertz CT molecular complexity index is 1690. The Balaban J connectivity index is 1.63. The summed E-state index contributed by atoms with van der Waals surface area (Å²) in [7, 11) is 1.84. The fourth-order valence-corrected chi connectivity index (χ4v) is 4.13. The first-order valence-corrected chi connectivity index (χ1v) is 10.8. The summed E-state index contributed by atoms with van der Waals surface area (Å²) in [6.07, 6.45) is 1.21. The van der Waals surface area contributed by atoms with Gasteiger partial charge in [0.05, 0.1) is 10.9 Å². The highest BCUT2D eigenvalue weighted by Gasteiger charge is 2.21. The maximum atomic E-state index is 13.5. The number of hydrogen-bond acceptors (Lipinski definition) is 6. The number of benzene rings is 2. The minimum atomic E-state index is -0.916. The van der Waals surface area contributed by atoms with Gasteiger partial charge in [0, 0.05) is 35.8 Å². The van der Waals surface area contributed by atoms with Crippen molar-refractivity contribution in [3.63, 3.8) is 0 Å². The second-order valence-corrected chi connectivity index (χ2v) is 8.39. The molecule has 35 heavy (non-hydrogen) atoms. The lowest BCUT2D eigenvalue weighted by atomic mass is 10.0. The summed E-state index contributed by atoms with van der Waals surface area (Å²) in [6.45, 7) is 3.59. The third-order valence-corrected chi connectivity index (χ3v) is 5.70.